The average molecular weight is 430 g/mol. The van der Waals surface area contributed by atoms with Crippen molar-refractivity contribution in [1.29, 1.82) is 0 Å². The first kappa shape index (κ1) is 22.5. The highest BCUT2D eigenvalue weighted by atomic mass is 32.2. The Labute approximate surface area is 170 Å². The van der Waals surface area contributed by atoms with Crippen LogP contribution in [-0.2, 0) is 14.8 Å². The summed E-state index contributed by atoms with van der Waals surface area (Å²) in [7, 11) is -3.83. The summed E-state index contributed by atoms with van der Waals surface area (Å²) in [5, 5.41) is 14.5. The summed E-state index contributed by atoms with van der Waals surface area (Å²) in [6.07, 6.45) is 5.93. The van der Waals surface area contributed by atoms with E-state index in [1.165, 1.54) is 50.8 Å². The average Bonchev–Trinajstić information content (AvgIpc) is 3.12. The molecule has 10 heteroatoms. The van der Waals surface area contributed by atoms with Gasteiger partial charge in [0.05, 0.1) is 16.9 Å². The maximum atomic E-state index is 12.6. The Morgan fingerprint density at radius 3 is 2.61 bits per heavy atom. The molecule has 0 heterocycles. The molecule has 0 aromatic heterocycles. The normalized spacial score (nSPS) is 16.0. The number of non-ortho nitro benzene ring substituents is 1. The summed E-state index contributed by atoms with van der Waals surface area (Å²) in [5.41, 5.74) is 0.446. The number of hydrogen-bond acceptors (Lipinski definition) is 6. The molecule has 1 aromatic rings. The zero-order valence-electron chi connectivity index (χ0n) is 16.4. The minimum Gasteiger partial charge on any atom is -0.353 e. The SMILES string of the molecule is Cc1ccc([N+](=O)[O-])cc1N([C@@H](C)C(=O)NCCSC1CCCC1)S(C)(=O)=O. The van der Waals surface area contributed by atoms with E-state index in [2.05, 4.69) is 5.32 Å². The molecule has 0 spiro atoms. The number of sulfonamides is 1. The summed E-state index contributed by atoms with van der Waals surface area (Å²) in [5.74, 6) is 0.348. The molecule has 0 unspecified atom stereocenters. The van der Waals surface area contributed by atoms with Crippen LogP contribution in [0.5, 0.6) is 0 Å². The van der Waals surface area contributed by atoms with Gasteiger partial charge in [0.25, 0.3) is 5.69 Å². The maximum Gasteiger partial charge on any atom is 0.271 e. The van der Waals surface area contributed by atoms with Gasteiger partial charge < -0.3 is 5.32 Å². The molecule has 1 fully saturated rings. The first-order valence-electron chi connectivity index (χ1n) is 9.25. The van der Waals surface area contributed by atoms with Crippen molar-refractivity contribution >= 4 is 39.1 Å². The van der Waals surface area contributed by atoms with Crippen LogP contribution in [0, 0.1) is 17.0 Å². The van der Waals surface area contributed by atoms with Crippen molar-refractivity contribution in [2.75, 3.05) is 22.9 Å². The number of aryl methyl sites for hydroxylation is 1. The van der Waals surface area contributed by atoms with Gasteiger partial charge in [-0.05, 0) is 32.3 Å². The molecule has 156 valence electrons. The number of carbonyl (C=O) groups excluding carboxylic acids is 1. The molecular formula is C18H27N3O5S2. The van der Waals surface area contributed by atoms with Gasteiger partial charge in [-0.3, -0.25) is 19.2 Å². The number of thioether (sulfide) groups is 1. The highest BCUT2D eigenvalue weighted by molar-refractivity contribution is 7.99. The molecule has 0 radical (unpaired) electrons. The van der Waals surface area contributed by atoms with E-state index in [1.54, 1.807) is 6.92 Å². The molecule has 0 bridgehead atoms. The molecule has 1 aliphatic rings. The lowest BCUT2D eigenvalue weighted by Gasteiger charge is -2.29. The summed E-state index contributed by atoms with van der Waals surface area (Å²) in [4.78, 5) is 23.1. The second kappa shape index (κ2) is 9.60. The third-order valence-electron chi connectivity index (χ3n) is 4.79. The van der Waals surface area contributed by atoms with Crippen molar-refractivity contribution in [2.24, 2.45) is 0 Å². The van der Waals surface area contributed by atoms with E-state index in [-0.39, 0.29) is 11.4 Å². The Bertz CT molecular complexity index is 823. The second-order valence-electron chi connectivity index (χ2n) is 7.03. The van der Waals surface area contributed by atoms with Crippen molar-refractivity contribution < 1.29 is 18.1 Å². The molecule has 1 N–H and O–H groups in total. The lowest BCUT2D eigenvalue weighted by molar-refractivity contribution is -0.384. The topological polar surface area (TPSA) is 110 Å². The number of hydrogen-bond donors (Lipinski definition) is 1. The lowest BCUT2D eigenvalue weighted by atomic mass is 10.1. The Kier molecular flexibility index (Phi) is 7.70. The zero-order valence-corrected chi connectivity index (χ0v) is 18.0. The van der Waals surface area contributed by atoms with Crippen LogP contribution in [0.3, 0.4) is 0 Å². The van der Waals surface area contributed by atoms with Gasteiger partial charge in [-0.15, -0.1) is 0 Å². The van der Waals surface area contributed by atoms with Crippen LogP contribution in [0.1, 0.15) is 38.2 Å². The van der Waals surface area contributed by atoms with Crippen molar-refractivity contribution in [3.63, 3.8) is 0 Å². The Morgan fingerprint density at radius 1 is 1.39 bits per heavy atom. The van der Waals surface area contributed by atoms with Crippen molar-refractivity contribution in [2.45, 2.75) is 50.8 Å². The van der Waals surface area contributed by atoms with Gasteiger partial charge in [0.15, 0.2) is 0 Å². The highest BCUT2D eigenvalue weighted by Crippen LogP contribution is 2.30. The third-order valence-corrected chi connectivity index (χ3v) is 7.40. The first-order chi connectivity index (χ1) is 13.1. The van der Waals surface area contributed by atoms with Crippen LogP contribution in [0.4, 0.5) is 11.4 Å². The second-order valence-corrected chi connectivity index (χ2v) is 10.3. The van der Waals surface area contributed by atoms with Gasteiger partial charge in [-0.2, -0.15) is 11.8 Å². The molecule has 0 aliphatic heterocycles. The van der Waals surface area contributed by atoms with Gasteiger partial charge >= 0.3 is 0 Å². The standard InChI is InChI=1S/C18H27N3O5S2/c1-13-8-9-15(21(23)24)12-17(13)20(28(3,25)26)14(2)18(22)19-10-11-27-16-6-4-5-7-16/h8-9,12,14,16H,4-7,10-11H2,1-3H3,(H,19,22)/t14-/m0/s1. The summed E-state index contributed by atoms with van der Waals surface area (Å²) >= 11 is 1.83. The molecule has 1 aliphatic carbocycles. The molecule has 8 nitrogen and oxygen atoms in total. The van der Waals surface area contributed by atoms with E-state index in [9.17, 15) is 23.3 Å². The van der Waals surface area contributed by atoms with E-state index in [4.69, 9.17) is 0 Å². The minimum atomic E-state index is -3.83. The summed E-state index contributed by atoms with van der Waals surface area (Å²) < 4.78 is 25.7. The number of rotatable bonds is 9. The van der Waals surface area contributed by atoms with Gasteiger partial charge in [0, 0.05) is 29.7 Å². The van der Waals surface area contributed by atoms with Crippen LogP contribution in [0.25, 0.3) is 0 Å². The van der Waals surface area contributed by atoms with Crippen LogP contribution in [-0.4, -0.2) is 49.1 Å². The molecule has 0 saturated heterocycles. The fourth-order valence-corrected chi connectivity index (χ4v) is 5.78. The minimum absolute atomic E-state index is 0.139. The smallest absolute Gasteiger partial charge is 0.271 e. The molecule has 1 saturated carbocycles. The molecule has 1 amide bonds. The number of nitrogens with zero attached hydrogens (tertiary/aromatic N) is 2. The van der Waals surface area contributed by atoms with Crippen LogP contribution < -0.4 is 9.62 Å². The van der Waals surface area contributed by atoms with Crippen molar-refractivity contribution in [3.05, 3.63) is 33.9 Å². The number of nitro benzene ring substituents is 1. The predicted molar refractivity (Wildman–Crippen MR) is 112 cm³/mol. The van der Waals surface area contributed by atoms with Crippen LogP contribution in [0.2, 0.25) is 0 Å². The number of anilines is 1. The van der Waals surface area contributed by atoms with E-state index in [0.717, 1.165) is 16.3 Å². The molecule has 28 heavy (non-hydrogen) atoms. The molecule has 1 aromatic carbocycles. The number of nitro groups is 1. The van der Waals surface area contributed by atoms with Crippen molar-refractivity contribution in [3.8, 4) is 0 Å². The van der Waals surface area contributed by atoms with Crippen LogP contribution >= 0.6 is 11.8 Å². The predicted octanol–water partition coefficient (Wildman–Crippen LogP) is 2.85. The maximum absolute atomic E-state index is 12.6. The molecule has 2 rings (SSSR count). The van der Waals surface area contributed by atoms with Gasteiger partial charge in [0.2, 0.25) is 15.9 Å². The lowest BCUT2D eigenvalue weighted by Crippen LogP contribution is -2.48. The summed E-state index contributed by atoms with van der Waals surface area (Å²) in [6, 6.07) is 2.96. The zero-order chi connectivity index (χ0) is 20.9. The van der Waals surface area contributed by atoms with E-state index in [1.807, 2.05) is 11.8 Å². The number of carbonyl (C=O) groups is 1. The fourth-order valence-electron chi connectivity index (χ4n) is 3.33. The monoisotopic (exact) mass is 429 g/mol. The van der Waals surface area contributed by atoms with Crippen LogP contribution in [0.15, 0.2) is 18.2 Å². The largest absolute Gasteiger partial charge is 0.353 e. The first-order valence-corrected chi connectivity index (χ1v) is 12.1. The third kappa shape index (κ3) is 5.84. The van der Waals surface area contributed by atoms with E-state index in [0.29, 0.717) is 17.4 Å². The number of nitrogens with one attached hydrogen (secondary N) is 1. The van der Waals surface area contributed by atoms with Crippen molar-refractivity contribution in [1.82, 2.24) is 5.32 Å². The highest BCUT2D eigenvalue weighted by Gasteiger charge is 2.31. The Hall–Kier alpha value is -1.81. The summed E-state index contributed by atoms with van der Waals surface area (Å²) in [6.45, 7) is 3.59. The van der Waals surface area contributed by atoms with Gasteiger partial charge in [-0.1, -0.05) is 18.9 Å². The van der Waals surface area contributed by atoms with E-state index < -0.39 is 26.9 Å². The molecular weight excluding hydrogens is 402 g/mol. The van der Waals surface area contributed by atoms with Gasteiger partial charge in [0.1, 0.15) is 6.04 Å². The van der Waals surface area contributed by atoms with Gasteiger partial charge in [-0.25, -0.2) is 8.42 Å². The molecule has 1 atom stereocenters. The number of amides is 1. The Morgan fingerprint density at radius 2 is 2.04 bits per heavy atom. The number of benzene rings is 1. The van der Waals surface area contributed by atoms with E-state index >= 15 is 0 Å². The fraction of sp³-hybridized carbons (Fsp3) is 0.611. The Balaban J connectivity index is 2.11. The quantitative estimate of drug-likeness (QED) is 0.367.